The Morgan fingerprint density at radius 3 is 2.55 bits per heavy atom. The Morgan fingerprint density at radius 1 is 1.55 bits per heavy atom. The third-order valence-corrected chi connectivity index (χ3v) is 2.81. The molecule has 1 heteroatoms. The number of carbonyl (C=O) groups excluding carboxylic acids is 1. The Labute approximate surface area is 69.2 Å². The zero-order valence-electron chi connectivity index (χ0n) is 7.60. The van der Waals surface area contributed by atoms with Crippen molar-refractivity contribution in [2.75, 3.05) is 0 Å². The van der Waals surface area contributed by atoms with Gasteiger partial charge in [0.2, 0.25) is 0 Å². The van der Waals surface area contributed by atoms with Gasteiger partial charge in [-0.2, -0.15) is 0 Å². The van der Waals surface area contributed by atoms with Crippen LogP contribution in [0.5, 0.6) is 0 Å². The largest absolute Gasteiger partial charge is 0.299 e. The van der Waals surface area contributed by atoms with E-state index >= 15 is 0 Å². The fraction of sp³-hybridized carbons (Fsp3) is 0.900. The Bertz CT molecular complexity index is 136. The van der Waals surface area contributed by atoms with E-state index in [1.165, 1.54) is 19.3 Å². The van der Waals surface area contributed by atoms with E-state index in [4.69, 9.17) is 0 Å². The van der Waals surface area contributed by atoms with E-state index in [0.29, 0.717) is 18.1 Å². The molecule has 0 bridgehead atoms. The molecule has 0 heterocycles. The number of hydrogen-bond acceptors (Lipinski definition) is 1. The lowest BCUT2D eigenvalue weighted by atomic mass is 9.78. The predicted octanol–water partition coefficient (Wildman–Crippen LogP) is 2.79. The van der Waals surface area contributed by atoms with Crippen molar-refractivity contribution in [1.82, 2.24) is 0 Å². The van der Waals surface area contributed by atoms with E-state index in [1.807, 2.05) is 6.92 Å². The highest BCUT2D eigenvalue weighted by atomic mass is 16.1. The molecule has 0 aromatic carbocycles. The fourth-order valence-electron chi connectivity index (χ4n) is 1.71. The number of carbonyl (C=O) groups is 1. The van der Waals surface area contributed by atoms with Crippen LogP contribution in [0.2, 0.25) is 0 Å². The summed E-state index contributed by atoms with van der Waals surface area (Å²) in [5, 5.41) is 0. The molecule has 0 aromatic heterocycles. The SMILES string of the molecule is CCC(=O)C(C)CC1CCC1. The molecule has 1 rings (SSSR count). The van der Waals surface area contributed by atoms with Crippen molar-refractivity contribution >= 4 is 5.78 Å². The number of hydrogen-bond donors (Lipinski definition) is 0. The first kappa shape index (κ1) is 8.76. The number of rotatable bonds is 4. The van der Waals surface area contributed by atoms with Crippen LogP contribution >= 0.6 is 0 Å². The van der Waals surface area contributed by atoms with Crippen molar-refractivity contribution in [1.29, 1.82) is 0 Å². The summed E-state index contributed by atoms with van der Waals surface area (Å²) in [6.07, 6.45) is 5.97. The second kappa shape index (κ2) is 3.89. The lowest BCUT2D eigenvalue weighted by molar-refractivity contribution is -0.122. The smallest absolute Gasteiger partial charge is 0.135 e. The molecule has 1 fully saturated rings. The Hall–Kier alpha value is -0.330. The van der Waals surface area contributed by atoms with Gasteiger partial charge in [0.15, 0.2) is 0 Å². The average molecular weight is 154 g/mol. The van der Waals surface area contributed by atoms with Crippen LogP contribution in [0, 0.1) is 11.8 Å². The van der Waals surface area contributed by atoms with Crippen molar-refractivity contribution in [3.8, 4) is 0 Å². The lowest BCUT2D eigenvalue weighted by Gasteiger charge is -2.27. The van der Waals surface area contributed by atoms with Crippen LogP contribution in [0.3, 0.4) is 0 Å². The van der Waals surface area contributed by atoms with Crippen molar-refractivity contribution in [3.63, 3.8) is 0 Å². The molecule has 0 N–H and O–H groups in total. The van der Waals surface area contributed by atoms with E-state index in [2.05, 4.69) is 6.92 Å². The summed E-state index contributed by atoms with van der Waals surface area (Å²) in [4.78, 5) is 11.2. The van der Waals surface area contributed by atoms with Gasteiger partial charge in [-0.3, -0.25) is 4.79 Å². The minimum absolute atomic E-state index is 0.324. The normalized spacial score (nSPS) is 20.9. The summed E-state index contributed by atoms with van der Waals surface area (Å²) in [7, 11) is 0. The van der Waals surface area contributed by atoms with Crippen molar-refractivity contribution < 1.29 is 4.79 Å². The molecular formula is C10H18O. The summed E-state index contributed by atoms with van der Waals surface area (Å²) in [6, 6.07) is 0. The zero-order chi connectivity index (χ0) is 8.27. The molecule has 0 spiro atoms. The summed E-state index contributed by atoms with van der Waals surface area (Å²) >= 11 is 0. The second-order valence-corrected chi connectivity index (χ2v) is 3.75. The van der Waals surface area contributed by atoms with Gasteiger partial charge in [0.05, 0.1) is 0 Å². The number of ketones is 1. The summed E-state index contributed by atoms with van der Waals surface area (Å²) in [6.45, 7) is 4.03. The molecule has 0 radical (unpaired) electrons. The van der Waals surface area contributed by atoms with Gasteiger partial charge in [-0.05, 0) is 12.3 Å². The Kier molecular flexibility index (Phi) is 3.10. The number of Topliss-reactive ketones (excluding diaryl/α,β-unsaturated/α-hetero) is 1. The molecule has 11 heavy (non-hydrogen) atoms. The van der Waals surface area contributed by atoms with Gasteiger partial charge < -0.3 is 0 Å². The Balaban J connectivity index is 2.18. The van der Waals surface area contributed by atoms with Crippen molar-refractivity contribution in [2.24, 2.45) is 11.8 Å². The minimum Gasteiger partial charge on any atom is -0.299 e. The molecule has 1 nitrogen and oxygen atoms in total. The van der Waals surface area contributed by atoms with Gasteiger partial charge in [0.1, 0.15) is 5.78 Å². The third-order valence-electron chi connectivity index (χ3n) is 2.81. The van der Waals surface area contributed by atoms with Crippen LogP contribution in [0.1, 0.15) is 46.0 Å². The van der Waals surface area contributed by atoms with Crippen LogP contribution in [-0.2, 0) is 4.79 Å². The maximum absolute atomic E-state index is 11.2. The van der Waals surface area contributed by atoms with Gasteiger partial charge in [-0.15, -0.1) is 0 Å². The van der Waals surface area contributed by atoms with E-state index in [0.717, 1.165) is 12.3 Å². The monoisotopic (exact) mass is 154 g/mol. The second-order valence-electron chi connectivity index (χ2n) is 3.75. The van der Waals surface area contributed by atoms with Gasteiger partial charge in [0, 0.05) is 12.3 Å². The van der Waals surface area contributed by atoms with Crippen LogP contribution in [0.15, 0.2) is 0 Å². The highest BCUT2D eigenvalue weighted by molar-refractivity contribution is 5.80. The van der Waals surface area contributed by atoms with E-state index < -0.39 is 0 Å². The maximum atomic E-state index is 11.2. The fourth-order valence-corrected chi connectivity index (χ4v) is 1.71. The highest BCUT2D eigenvalue weighted by Crippen LogP contribution is 2.32. The summed E-state index contributed by atoms with van der Waals surface area (Å²) < 4.78 is 0. The molecule has 64 valence electrons. The first-order chi connectivity index (χ1) is 5.24. The molecule has 0 aromatic rings. The van der Waals surface area contributed by atoms with Crippen LogP contribution in [0.4, 0.5) is 0 Å². The standard InChI is InChI=1S/C10H18O/c1-3-10(11)8(2)7-9-5-4-6-9/h8-9H,3-7H2,1-2H3. The van der Waals surface area contributed by atoms with Gasteiger partial charge in [-0.25, -0.2) is 0 Å². The van der Waals surface area contributed by atoms with E-state index in [9.17, 15) is 4.79 Å². The molecule has 1 saturated carbocycles. The minimum atomic E-state index is 0.324. The third kappa shape index (κ3) is 2.32. The van der Waals surface area contributed by atoms with E-state index in [-0.39, 0.29) is 0 Å². The molecular weight excluding hydrogens is 136 g/mol. The topological polar surface area (TPSA) is 17.1 Å². The zero-order valence-corrected chi connectivity index (χ0v) is 7.60. The van der Waals surface area contributed by atoms with Crippen molar-refractivity contribution in [2.45, 2.75) is 46.0 Å². The molecule has 1 atom stereocenters. The molecule has 0 saturated heterocycles. The quantitative estimate of drug-likeness (QED) is 0.608. The Morgan fingerprint density at radius 2 is 2.18 bits per heavy atom. The van der Waals surface area contributed by atoms with Crippen LogP contribution in [0.25, 0.3) is 0 Å². The van der Waals surface area contributed by atoms with E-state index in [1.54, 1.807) is 0 Å². The van der Waals surface area contributed by atoms with Crippen LogP contribution < -0.4 is 0 Å². The first-order valence-corrected chi connectivity index (χ1v) is 4.76. The molecule has 1 aliphatic rings. The van der Waals surface area contributed by atoms with Gasteiger partial charge in [-0.1, -0.05) is 33.1 Å². The van der Waals surface area contributed by atoms with Crippen LogP contribution in [-0.4, -0.2) is 5.78 Å². The summed E-state index contributed by atoms with van der Waals surface area (Å²) in [5.74, 6) is 1.64. The van der Waals surface area contributed by atoms with Crippen molar-refractivity contribution in [3.05, 3.63) is 0 Å². The average Bonchev–Trinajstić information content (AvgIpc) is 1.94. The maximum Gasteiger partial charge on any atom is 0.135 e. The summed E-state index contributed by atoms with van der Waals surface area (Å²) in [5.41, 5.74) is 0. The van der Waals surface area contributed by atoms with Gasteiger partial charge in [0.25, 0.3) is 0 Å². The lowest BCUT2D eigenvalue weighted by Crippen LogP contribution is -2.19. The predicted molar refractivity (Wildman–Crippen MR) is 46.4 cm³/mol. The molecule has 0 amide bonds. The molecule has 1 aliphatic carbocycles. The first-order valence-electron chi connectivity index (χ1n) is 4.76. The highest BCUT2D eigenvalue weighted by Gasteiger charge is 2.22. The molecule has 1 unspecified atom stereocenters. The van der Waals surface area contributed by atoms with Gasteiger partial charge >= 0.3 is 0 Å². The molecule has 0 aliphatic heterocycles.